The molecule has 6 rings (SSSR count). The Kier molecular flexibility index (Phi) is 22.4. The van der Waals surface area contributed by atoms with Crippen molar-refractivity contribution < 1.29 is 52.1 Å². The molecular formula is C34H36Cl4F2I3N9O9. The number of carbonyl (C=O) groups excluding carboxylic acids is 5. The molecule has 0 aliphatic carbocycles. The van der Waals surface area contributed by atoms with Crippen molar-refractivity contribution in [3.05, 3.63) is 48.0 Å². The fourth-order valence-corrected chi connectivity index (χ4v) is 5.60. The quantitative estimate of drug-likeness (QED) is 0.136. The topological polar surface area (TPSA) is 211 Å². The number of carboxylic acids is 1. The Morgan fingerprint density at radius 3 is 1.51 bits per heavy atom. The van der Waals surface area contributed by atoms with Gasteiger partial charge in [0.2, 0.25) is 17.7 Å². The van der Waals surface area contributed by atoms with Crippen molar-refractivity contribution in [2.24, 2.45) is 15.9 Å². The molecule has 4 heterocycles. The molecule has 0 saturated carbocycles. The molecule has 4 amide bonds. The first-order chi connectivity index (χ1) is 28.9. The fourth-order valence-electron chi connectivity index (χ4n) is 5.38. The maximum Gasteiger partial charge on any atom is 0.414 e. The highest BCUT2D eigenvalue weighted by molar-refractivity contribution is 14.3. The third-order valence-corrected chi connectivity index (χ3v) is 9.18. The van der Waals surface area contributed by atoms with Crippen LogP contribution in [0.3, 0.4) is 0 Å². The molecule has 4 aliphatic rings. The van der Waals surface area contributed by atoms with Crippen molar-refractivity contribution in [1.82, 2.24) is 10.0 Å². The molecule has 0 radical (unpaired) electrons. The van der Waals surface area contributed by atoms with Crippen LogP contribution in [0.4, 0.5) is 41.1 Å². The third-order valence-electron chi connectivity index (χ3n) is 8.32. The van der Waals surface area contributed by atoms with Crippen LogP contribution in [0.5, 0.6) is 0 Å². The number of carbonyl (C=O) groups is 6. The number of Topliss-reactive ketones (excluding diaryl/α,β-unsaturated/α-hetero) is 1. The fraction of sp³-hybridized carbons (Fsp3) is 0.412. The van der Waals surface area contributed by atoms with E-state index in [4.69, 9.17) is 66.7 Å². The van der Waals surface area contributed by atoms with E-state index in [9.17, 15) is 37.5 Å². The van der Waals surface area contributed by atoms with Gasteiger partial charge in [0.05, 0.1) is 48.9 Å². The zero-order chi connectivity index (χ0) is 45.4. The molecule has 61 heavy (non-hydrogen) atoms. The number of hydrogen-bond acceptors (Lipinski definition) is 13. The highest BCUT2D eigenvalue weighted by atomic mass is 127. The Balaban J connectivity index is 0.000000269. The molecule has 18 nitrogen and oxygen atoms in total. The SMILES string of the molecule is IC(I)I.NC[C@H]1CN(c2ccc(N3C=NN(C=O)CC3)c(F)c2)C(=O)O1.O=C(O)C(Cl)Cl.O=CN1CCN(c2ccc(N3C[C@H](CCC(=O)C(Cl)Cl)OC3=O)cc2F)C=N1. The number of cyclic esters (lactones) is 2. The summed E-state index contributed by atoms with van der Waals surface area (Å²) in [5, 5.41) is 17.9. The van der Waals surface area contributed by atoms with E-state index < -0.39 is 45.6 Å². The van der Waals surface area contributed by atoms with Crippen LogP contribution >= 0.6 is 114 Å². The predicted molar refractivity (Wildman–Crippen MR) is 253 cm³/mol. The molecule has 2 saturated heterocycles. The van der Waals surface area contributed by atoms with Crippen LogP contribution in [0.2, 0.25) is 0 Å². The van der Waals surface area contributed by atoms with Gasteiger partial charge in [-0.2, -0.15) is 10.2 Å². The van der Waals surface area contributed by atoms with Gasteiger partial charge in [-0.25, -0.2) is 33.2 Å². The Morgan fingerprint density at radius 1 is 0.787 bits per heavy atom. The van der Waals surface area contributed by atoms with Crippen LogP contribution in [0.1, 0.15) is 12.8 Å². The molecule has 27 heteroatoms. The molecule has 4 aliphatic heterocycles. The number of nitrogens with two attached hydrogens (primary N) is 1. The van der Waals surface area contributed by atoms with Gasteiger partial charge in [0.25, 0.3) is 0 Å². The first-order valence-corrected chi connectivity index (χ1v) is 22.9. The van der Waals surface area contributed by atoms with Crippen LogP contribution in [0.15, 0.2) is 46.6 Å². The molecule has 0 spiro atoms. The summed E-state index contributed by atoms with van der Waals surface area (Å²) in [7, 11) is 0. The Bertz CT molecular complexity index is 1930. The number of nitrogens with zero attached hydrogens (tertiary/aromatic N) is 8. The van der Waals surface area contributed by atoms with Gasteiger partial charge in [-0.05, 0) is 42.8 Å². The normalized spacial score (nSPS) is 18.2. The number of hydrazone groups is 2. The van der Waals surface area contributed by atoms with E-state index >= 15 is 0 Å². The molecule has 2 fully saturated rings. The first kappa shape index (κ1) is 52.5. The molecule has 2 aromatic rings. The summed E-state index contributed by atoms with van der Waals surface area (Å²) >= 11 is 27.5. The van der Waals surface area contributed by atoms with Crippen molar-refractivity contribution in [1.29, 1.82) is 0 Å². The van der Waals surface area contributed by atoms with Crippen LogP contribution < -0.4 is 25.3 Å². The summed E-state index contributed by atoms with van der Waals surface area (Å²) in [5.41, 5.74) is 6.84. The number of rotatable bonds is 12. The second kappa shape index (κ2) is 26.1. The maximum atomic E-state index is 14.6. The Hall–Kier alpha value is -2.83. The number of hydrogen-bond donors (Lipinski definition) is 2. The number of ether oxygens (including phenoxy) is 2. The molecule has 2 aromatic carbocycles. The van der Waals surface area contributed by atoms with Gasteiger partial charge in [0, 0.05) is 26.1 Å². The zero-order valence-corrected chi connectivity index (χ0v) is 40.8. The lowest BCUT2D eigenvalue weighted by molar-refractivity contribution is -0.135. The number of anilines is 4. The minimum atomic E-state index is -1.29. The highest BCUT2D eigenvalue weighted by Crippen LogP contribution is 2.30. The summed E-state index contributed by atoms with van der Waals surface area (Å²) in [5.74, 6) is -2.58. The predicted octanol–water partition coefficient (Wildman–Crippen LogP) is 6.31. The standard InChI is InChI=1S/C17H17Cl2FN4O4.C14H16FN5O3.C2H2Cl2O2.CHI3/c18-16(19)15(26)4-2-12-8-24(17(27)28-12)11-1-3-14(13(20)7-11)22-5-6-23(10-25)21-9-22;15-12-5-10(20-7-11(6-16)23-14(20)22)1-2-13(12)18-3-4-19(9-21)17-8-18;3-1(4)2(5)6;2-1(3)4/h1,3,7,9-10,12,16H,2,4-6,8H2;1-2,5,8-9,11H,3-4,6-7,16H2;1H,(H,5,6);1H/t12-;11-;;/m00../s1. The molecule has 0 unspecified atom stereocenters. The van der Waals surface area contributed by atoms with E-state index in [1.807, 2.05) is 0 Å². The molecular weight excluding hydrogens is 1240 g/mol. The van der Waals surface area contributed by atoms with Crippen molar-refractivity contribution in [3.63, 3.8) is 0 Å². The molecule has 0 aromatic heterocycles. The summed E-state index contributed by atoms with van der Waals surface area (Å²) in [6.07, 6.45) is 2.31. The Morgan fingerprint density at radius 2 is 1.20 bits per heavy atom. The minimum absolute atomic E-state index is 0.0862. The van der Waals surface area contributed by atoms with E-state index in [-0.39, 0.29) is 43.5 Å². The van der Waals surface area contributed by atoms with Gasteiger partial charge in [0.15, 0.2) is 10.6 Å². The second-order valence-electron chi connectivity index (χ2n) is 12.3. The number of halogens is 9. The van der Waals surface area contributed by atoms with Crippen molar-refractivity contribution in [2.75, 3.05) is 65.4 Å². The third kappa shape index (κ3) is 16.7. The lowest BCUT2D eigenvalue weighted by Gasteiger charge is -2.27. The summed E-state index contributed by atoms with van der Waals surface area (Å²) in [6.45, 7) is 2.25. The van der Waals surface area contributed by atoms with E-state index in [2.05, 4.69) is 78.0 Å². The average Bonchev–Trinajstić information content (AvgIpc) is 3.81. The second-order valence-corrected chi connectivity index (χ2v) is 25.4. The van der Waals surface area contributed by atoms with E-state index in [1.165, 1.54) is 50.7 Å². The number of carboxylic acid groups (broad SMARTS) is 1. The largest absolute Gasteiger partial charge is 0.479 e. The summed E-state index contributed by atoms with van der Waals surface area (Å²) in [6, 6.07) is 8.84. The van der Waals surface area contributed by atoms with Gasteiger partial charge in [-0.1, -0.05) is 114 Å². The van der Waals surface area contributed by atoms with Crippen molar-refractivity contribution in [3.8, 4) is 0 Å². The number of benzene rings is 2. The van der Waals surface area contributed by atoms with E-state index in [0.717, 1.165) is -0.0619 Å². The number of ketones is 1. The molecule has 0 bridgehead atoms. The van der Waals surface area contributed by atoms with Gasteiger partial charge in [-0.3, -0.25) is 24.2 Å². The first-order valence-electron chi connectivity index (χ1n) is 17.4. The van der Waals surface area contributed by atoms with Crippen LogP contribution in [-0.4, -0.2) is 132 Å². The smallest absolute Gasteiger partial charge is 0.414 e. The van der Waals surface area contributed by atoms with Gasteiger partial charge in [-0.15, -0.1) is 0 Å². The number of amides is 4. The number of alkyl halides is 7. The average molecular weight is 1280 g/mol. The van der Waals surface area contributed by atoms with Gasteiger partial charge < -0.3 is 30.1 Å². The molecule has 3 N–H and O–H groups in total. The van der Waals surface area contributed by atoms with Crippen molar-refractivity contribution in [2.45, 2.75) is 34.7 Å². The number of aliphatic carboxylic acids is 1. The van der Waals surface area contributed by atoms with Gasteiger partial charge in [0.1, 0.15) is 36.5 Å². The lowest BCUT2D eigenvalue weighted by atomic mass is 10.1. The minimum Gasteiger partial charge on any atom is -0.479 e. The molecule has 334 valence electrons. The van der Waals surface area contributed by atoms with Crippen LogP contribution in [0, 0.1) is 11.6 Å². The van der Waals surface area contributed by atoms with Crippen LogP contribution in [0.25, 0.3) is 0 Å². The molecule has 2 atom stereocenters. The van der Waals surface area contributed by atoms with Crippen LogP contribution in [-0.2, 0) is 28.7 Å². The Labute approximate surface area is 408 Å². The zero-order valence-electron chi connectivity index (χ0n) is 31.3. The van der Waals surface area contributed by atoms with E-state index in [1.54, 1.807) is 28.0 Å². The monoisotopic (exact) mass is 1270 g/mol. The van der Waals surface area contributed by atoms with Crippen molar-refractivity contribution >= 4 is 186 Å². The van der Waals surface area contributed by atoms with E-state index in [0.29, 0.717) is 62.6 Å². The maximum absolute atomic E-state index is 14.6. The lowest BCUT2D eigenvalue weighted by Crippen LogP contribution is -2.37. The summed E-state index contributed by atoms with van der Waals surface area (Å²) < 4.78 is 40.0. The highest BCUT2D eigenvalue weighted by Gasteiger charge is 2.34. The summed E-state index contributed by atoms with van der Waals surface area (Å²) in [4.78, 5) is 69.5. The van der Waals surface area contributed by atoms with Gasteiger partial charge >= 0.3 is 18.2 Å².